The lowest BCUT2D eigenvalue weighted by atomic mass is 9.91. The Kier molecular flexibility index (Phi) is 5.24. The summed E-state index contributed by atoms with van der Waals surface area (Å²) >= 11 is 0. The molecule has 144 valence electrons. The molecule has 4 rings (SSSR count). The summed E-state index contributed by atoms with van der Waals surface area (Å²) in [6.07, 6.45) is 6.13. The van der Waals surface area contributed by atoms with E-state index in [-0.39, 0.29) is 24.1 Å². The minimum Gasteiger partial charge on any atom is -0.347 e. The first-order valence-corrected chi connectivity index (χ1v) is 9.92. The minimum absolute atomic E-state index is 0.0115. The van der Waals surface area contributed by atoms with E-state index in [1.54, 1.807) is 6.07 Å². The Bertz CT molecular complexity index is 1040. The van der Waals surface area contributed by atoms with E-state index >= 15 is 0 Å². The molecule has 1 saturated carbocycles. The van der Waals surface area contributed by atoms with E-state index in [2.05, 4.69) is 22.4 Å². The van der Waals surface area contributed by atoms with Crippen molar-refractivity contribution >= 4 is 16.8 Å². The molecule has 1 amide bonds. The molecule has 1 atom stereocenters. The van der Waals surface area contributed by atoms with Crippen molar-refractivity contribution in [2.75, 3.05) is 0 Å². The second-order valence-corrected chi connectivity index (χ2v) is 7.65. The molecule has 28 heavy (non-hydrogen) atoms. The quantitative estimate of drug-likeness (QED) is 0.739. The molecule has 5 nitrogen and oxygen atoms in total. The number of aryl methyl sites for hydroxylation is 1. The molecular formula is C23H25N3O2. The summed E-state index contributed by atoms with van der Waals surface area (Å²) in [7, 11) is 0. The van der Waals surface area contributed by atoms with Crippen molar-refractivity contribution in [3.05, 3.63) is 76.3 Å². The van der Waals surface area contributed by atoms with Crippen molar-refractivity contribution in [2.45, 2.75) is 45.2 Å². The van der Waals surface area contributed by atoms with E-state index in [4.69, 9.17) is 0 Å². The molecule has 2 aromatic carbocycles. The molecule has 1 fully saturated rings. The monoisotopic (exact) mass is 375 g/mol. The molecule has 0 spiro atoms. The number of carbonyl (C=O) groups is 1. The first-order valence-electron chi connectivity index (χ1n) is 9.92. The second-order valence-electron chi connectivity index (χ2n) is 7.65. The van der Waals surface area contributed by atoms with Crippen LogP contribution in [0.1, 0.15) is 42.9 Å². The number of nitrogens with one attached hydrogen (secondary N) is 1. The van der Waals surface area contributed by atoms with Crippen molar-refractivity contribution < 1.29 is 4.79 Å². The van der Waals surface area contributed by atoms with E-state index in [0.717, 1.165) is 24.0 Å². The van der Waals surface area contributed by atoms with Gasteiger partial charge in [-0.15, -0.1) is 0 Å². The summed E-state index contributed by atoms with van der Waals surface area (Å²) < 4.78 is 1.40. The van der Waals surface area contributed by atoms with Crippen molar-refractivity contribution in [1.82, 2.24) is 14.9 Å². The van der Waals surface area contributed by atoms with Crippen molar-refractivity contribution in [3.8, 4) is 0 Å². The topological polar surface area (TPSA) is 64.0 Å². The van der Waals surface area contributed by atoms with E-state index in [0.29, 0.717) is 16.8 Å². The average Bonchev–Trinajstić information content (AvgIpc) is 3.24. The normalized spacial score (nSPS) is 15.6. The Morgan fingerprint density at radius 1 is 1.14 bits per heavy atom. The number of benzene rings is 2. The molecule has 1 aromatic heterocycles. The fourth-order valence-electron chi connectivity index (χ4n) is 4.25. The Morgan fingerprint density at radius 2 is 1.89 bits per heavy atom. The SMILES string of the molecule is Cc1cccc2c(=O)n(CC(=O)N[C@H](c3ccccc3)C3CCCC3)cnc12. The summed E-state index contributed by atoms with van der Waals surface area (Å²) in [5.41, 5.74) is 2.59. The van der Waals surface area contributed by atoms with E-state index in [1.807, 2.05) is 37.3 Å². The Morgan fingerprint density at radius 3 is 2.64 bits per heavy atom. The first-order chi connectivity index (χ1) is 13.6. The van der Waals surface area contributed by atoms with Gasteiger partial charge in [-0.3, -0.25) is 14.2 Å². The predicted molar refractivity (Wildman–Crippen MR) is 110 cm³/mol. The van der Waals surface area contributed by atoms with Gasteiger partial charge in [0.1, 0.15) is 6.54 Å². The molecular weight excluding hydrogens is 350 g/mol. The summed E-state index contributed by atoms with van der Waals surface area (Å²) in [6, 6.07) is 15.6. The Labute approximate surface area is 164 Å². The second kappa shape index (κ2) is 7.97. The minimum atomic E-state index is -0.180. The van der Waals surface area contributed by atoms with Gasteiger partial charge < -0.3 is 5.32 Å². The lowest BCUT2D eigenvalue weighted by Crippen LogP contribution is -2.37. The molecule has 5 heteroatoms. The lowest BCUT2D eigenvalue weighted by Gasteiger charge is -2.25. The summed E-state index contributed by atoms with van der Waals surface area (Å²) in [5, 5.41) is 3.73. The molecule has 0 aliphatic heterocycles. The van der Waals surface area contributed by atoms with Crippen LogP contribution in [0.15, 0.2) is 59.7 Å². The molecule has 1 heterocycles. The maximum atomic E-state index is 12.8. The third-order valence-corrected chi connectivity index (χ3v) is 5.72. The van der Waals surface area contributed by atoms with Crippen LogP contribution in [-0.2, 0) is 11.3 Å². The highest BCUT2D eigenvalue weighted by Crippen LogP contribution is 2.35. The highest BCUT2D eigenvalue weighted by atomic mass is 16.2. The van der Waals surface area contributed by atoms with Crippen LogP contribution in [0.2, 0.25) is 0 Å². The van der Waals surface area contributed by atoms with Gasteiger partial charge in [0.25, 0.3) is 5.56 Å². The van der Waals surface area contributed by atoms with Gasteiger partial charge in [0.2, 0.25) is 5.91 Å². The number of aromatic nitrogens is 2. The largest absolute Gasteiger partial charge is 0.347 e. The number of amides is 1. The van der Waals surface area contributed by atoms with Gasteiger partial charge in [0.05, 0.1) is 23.3 Å². The fourth-order valence-corrected chi connectivity index (χ4v) is 4.25. The van der Waals surface area contributed by atoms with Crippen LogP contribution in [0.3, 0.4) is 0 Å². The molecule has 0 bridgehead atoms. The first kappa shape index (κ1) is 18.4. The number of nitrogens with zero attached hydrogens (tertiary/aromatic N) is 2. The molecule has 1 aliphatic rings. The van der Waals surface area contributed by atoms with Crippen LogP contribution in [0, 0.1) is 12.8 Å². The third-order valence-electron chi connectivity index (χ3n) is 5.72. The zero-order valence-electron chi connectivity index (χ0n) is 16.1. The van der Waals surface area contributed by atoms with Gasteiger partial charge in [-0.2, -0.15) is 0 Å². The Balaban J connectivity index is 1.56. The van der Waals surface area contributed by atoms with Crippen LogP contribution < -0.4 is 10.9 Å². The van der Waals surface area contributed by atoms with E-state index in [1.165, 1.54) is 23.7 Å². The van der Waals surface area contributed by atoms with Gasteiger partial charge in [0, 0.05) is 0 Å². The maximum absolute atomic E-state index is 12.8. The average molecular weight is 375 g/mol. The number of carbonyl (C=O) groups excluding carboxylic acids is 1. The van der Waals surface area contributed by atoms with Crippen LogP contribution in [0.5, 0.6) is 0 Å². The number of hydrogen-bond donors (Lipinski definition) is 1. The zero-order chi connectivity index (χ0) is 19.5. The summed E-state index contributed by atoms with van der Waals surface area (Å²) in [4.78, 5) is 30.0. The number of para-hydroxylation sites is 1. The number of fused-ring (bicyclic) bond motifs is 1. The van der Waals surface area contributed by atoms with Crippen molar-refractivity contribution in [3.63, 3.8) is 0 Å². The maximum Gasteiger partial charge on any atom is 0.261 e. The molecule has 1 N–H and O–H groups in total. The molecule has 0 saturated heterocycles. The van der Waals surface area contributed by atoms with Gasteiger partial charge in [-0.25, -0.2) is 4.98 Å². The number of rotatable bonds is 5. The van der Waals surface area contributed by atoms with Crippen LogP contribution in [0.25, 0.3) is 10.9 Å². The van der Waals surface area contributed by atoms with E-state index in [9.17, 15) is 9.59 Å². The smallest absolute Gasteiger partial charge is 0.261 e. The predicted octanol–water partition coefficient (Wildman–Crippen LogP) is 3.75. The van der Waals surface area contributed by atoms with Crippen LogP contribution in [0.4, 0.5) is 0 Å². The lowest BCUT2D eigenvalue weighted by molar-refractivity contribution is -0.122. The standard InChI is InChI=1S/C23H25N3O2/c1-16-8-7-13-19-21(16)24-15-26(23(19)28)14-20(27)25-22(18-11-5-6-12-18)17-9-3-2-4-10-17/h2-4,7-10,13,15,18,22H,5-6,11-12,14H2,1H3,(H,25,27)/t22-/m1/s1. The number of hydrogen-bond acceptors (Lipinski definition) is 3. The highest BCUT2D eigenvalue weighted by Gasteiger charge is 2.27. The van der Waals surface area contributed by atoms with Gasteiger partial charge in [-0.05, 0) is 42.9 Å². The van der Waals surface area contributed by atoms with Crippen LogP contribution >= 0.6 is 0 Å². The van der Waals surface area contributed by atoms with Gasteiger partial charge >= 0.3 is 0 Å². The zero-order valence-corrected chi connectivity index (χ0v) is 16.1. The third kappa shape index (κ3) is 3.70. The highest BCUT2D eigenvalue weighted by molar-refractivity contribution is 5.81. The van der Waals surface area contributed by atoms with Crippen molar-refractivity contribution in [2.24, 2.45) is 5.92 Å². The summed E-state index contributed by atoms with van der Waals surface area (Å²) in [5.74, 6) is 0.289. The fraction of sp³-hybridized carbons (Fsp3) is 0.348. The van der Waals surface area contributed by atoms with Crippen molar-refractivity contribution in [1.29, 1.82) is 0 Å². The molecule has 3 aromatic rings. The summed E-state index contributed by atoms with van der Waals surface area (Å²) in [6.45, 7) is 1.91. The molecule has 1 aliphatic carbocycles. The van der Waals surface area contributed by atoms with Gasteiger partial charge in [0.15, 0.2) is 0 Å². The van der Waals surface area contributed by atoms with E-state index < -0.39 is 0 Å². The van der Waals surface area contributed by atoms with Gasteiger partial charge in [-0.1, -0.05) is 55.3 Å². The molecule has 0 unspecified atom stereocenters. The molecule has 0 radical (unpaired) electrons. The van der Waals surface area contributed by atoms with Crippen LogP contribution in [-0.4, -0.2) is 15.5 Å². The Hall–Kier alpha value is -2.95.